The van der Waals surface area contributed by atoms with Crippen LogP contribution in [0.1, 0.15) is 39.0 Å². The van der Waals surface area contributed by atoms with Gasteiger partial charge in [-0.1, -0.05) is 6.42 Å². The molecule has 3 aliphatic heterocycles. The maximum absolute atomic E-state index is 3.69. The summed E-state index contributed by atoms with van der Waals surface area (Å²) < 4.78 is 0. The molecule has 0 amide bonds. The Balaban J connectivity index is 1.55. The minimum Gasteiger partial charge on any atom is -0.313 e. The number of piperidine rings is 1. The first-order chi connectivity index (χ1) is 8.33. The lowest BCUT2D eigenvalue weighted by atomic mass is 10.0. The Hall–Kier alpha value is -0.120. The van der Waals surface area contributed by atoms with Gasteiger partial charge in [0.05, 0.1) is 0 Å². The number of rotatable bonds is 2. The Bertz CT molecular complexity index is 250. The van der Waals surface area contributed by atoms with Crippen molar-refractivity contribution in [2.45, 2.75) is 57.2 Å². The van der Waals surface area contributed by atoms with Crippen LogP contribution in [-0.2, 0) is 0 Å². The molecule has 3 nitrogen and oxygen atoms in total. The molecule has 3 saturated heterocycles. The third-order valence-corrected chi connectivity index (χ3v) is 4.93. The van der Waals surface area contributed by atoms with Crippen LogP contribution in [0.25, 0.3) is 0 Å². The van der Waals surface area contributed by atoms with Crippen molar-refractivity contribution in [1.29, 1.82) is 0 Å². The van der Waals surface area contributed by atoms with Crippen molar-refractivity contribution in [2.24, 2.45) is 0 Å². The zero-order valence-corrected chi connectivity index (χ0v) is 11.2. The summed E-state index contributed by atoms with van der Waals surface area (Å²) in [6, 6.07) is 2.39. The quantitative estimate of drug-likeness (QED) is 0.781. The molecule has 3 atom stereocenters. The summed E-state index contributed by atoms with van der Waals surface area (Å²) >= 11 is 0. The summed E-state index contributed by atoms with van der Waals surface area (Å²) in [5, 5.41) is 3.69. The van der Waals surface area contributed by atoms with E-state index in [0.29, 0.717) is 0 Å². The van der Waals surface area contributed by atoms with Crippen molar-refractivity contribution in [3.63, 3.8) is 0 Å². The van der Waals surface area contributed by atoms with Gasteiger partial charge in [-0.15, -0.1) is 0 Å². The first-order valence-corrected chi connectivity index (χ1v) is 7.54. The van der Waals surface area contributed by atoms with Crippen LogP contribution in [0.3, 0.4) is 0 Å². The molecule has 17 heavy (non-hydrogen) atoms. The topological polar surface area (TPSA) is 18.5 Å². The minimum atomic E-state index is 0.757. The summed E-state index contributed by atoms with van der Waals surface area (Å²) in [4.78, 5) is 5.46. The van der Waals surface area contributed by atoms with Crippen molar-refractivity contribution in [2.75, 3.05) is 32.7 Å². The first kappa shape index (κ1) is 11.9. The van der Waals surface area contributed by atoms with Crippen LogP contribution >= 0.6 is 0 Å². The summed E-state index contributed by atoms with van der Waals surface area (Å²) in [5.74, 6) is 0. The molecule has 0 bridgehead atoms. The number of hydrogen-bond donors (Lipinski definition) is 1. The Kier molecular flexibility index (Phi) is 3.69. The number of piperazine rings is 1. The first-order valence-electron chi connectivity index (χ1n) is 7.54. The number of nitrogens with one attached hydrogen (secondary N) is 1. The SMILES string of the molecule is CC1CN2CCCC2CN1CC1CCCCN1. The normalized spacial score (nSPS) is 40.4. The fourth-order valence-electron chi connectivity index (χ4n) is 3.87. The van der Waals surface area contributed by atoms with Crippen molar-refractivity contribution < 1.29 is 0 Å². The maximum Gasteiger partial charge on any atom is 0.0224 e. The van der Waals surface area contributed by atoms with E-state index in [0.717, 1.165) is 18.1 Å². The summed E-state index contributed by atoms with van der Waals surface area (Å²) in [6.45, 7) is 8.91. The lowest BCUT2D eigenvalue weighted by molar-refractivity contribution is 0.0501. The molecular weight excluding hydrogens is 210 g/mol. The van der Waals surface area contributed by atoms with Gasteiger partial charge >= 0.3 is 0 Å². The van der Waals surface area contributed by atoms with Crippen LogP contribution < -0.4 is 5.32 Å². The molecule has 0 aromatic heterocycles. The highest BCUT2D eigenvalue weighted by Gasteiger charge is 2.35. The molecule has 3 heterocycles. The van der Waals surface area contributed by atoms with E-state index in [9.17, 15) is 0 Å². The fraction of sp³-hybridized carbons (Fsp3) is 1.00. The van der Waals surface area contributed by atoms with Gasteiger partial charge in [0.15, 0.2) is 0 Å². The molecule has 0 aromatic carbocycles. The standard InChI is InChI=1S/C14H27N3/c1-12-9-16-8-4-6-14(16)11-17(12)10-13-5-2-3-7-15-13/h12-15H,2-11H2,1H3. The van der Waals surface area contributed by atoms with E-state index in [1.807, 2.05) is 0 Å². The van der Waals surface area contributed by atoms with Crippen molar-refractivity contribution in [1.82, 2.24) is 15.1 Å². The summed E-state index contributed by atoms with van der Waals surface area (Å²) in [7, 11) is 0. The van der Waals surface area contributed by atoms with Crippen LogP contribution in [-0.4, -0.2) is 60.6 Å². The molecule has 3 fully saturated rings. The minimum absolute atomic E-state index is 0.757. The van der Waals surface area contributed by atoms with E-state index in [1.54, 1.807) is 0 Å². The van der Waals surface area contributed by atoms with Gasteiger partial charge in [-0.2, -0.15) is 0 Å². The number of hydrogen-bond acceptors (Lipinski definition) is 3. The predicted molar refractivity (Wildman–Crippen MR) is 71.3 cm³/mol. The molecular formula is C14H27N3. The second-order valence-electron chi connectivity index (χ2n) is 6.24. The Morgan fingerprint density at radius 2 is 2.06 bits per heavy atom. The zero-order chi connectivity index (χ0) is 11.7. The van der Waals surface area contributed by atoms with Gasteiger partial charge < -0.3 is 5.32 Å². The van der Waals surface area contributed by atoms with Crippen molar-refractivity contribution >= 4 is 0 Å². The second kappa shape index (κ2) is 5.25. The third kappa shape index (κ3) is 2.67. The van der Waals surface area contributed by atoms with Gasteiger partial charge in [-0.3, -0.25) is 9.80 Å². The lowest BCUT2D eigenvalue weighted by Crippen LogP contribution is -2.58. The van der Waals surface area contributed by atoms with Gasteiger partial charge in [0.25, 0.3) is 0 Å². The van der Waals surface area contributed by atoms with Crippen LogP contribution in [0.5, 0.6) is 0 Å². The van der Waals surface area contributed by atoms with E-state index in [4.69, 9.17) is 0 Å². The Labute approximate surface area is 106 Å². The van der Waals surface area contributed by atoms with E-state index in [2.05, 4.69) is 22.0 Å². The highest BCUT2D eigenvalue weighted by molar-refractivity contribution is 4.92. The molecule has 98 valence electrons. The monoisotopic (exact) mass is 237 g/mol. The van der Waals surface area contributed by atoms with E-state index in [-0.39, 0.29) is 0 Å². The average Bonchev–Trinajstić information content (AvgIpc) is 2.78. The molecule has 0 spiro atoms. The molecule has 3 heteroatoms. The molecule has 0 radical (unpaired) electrons. The highest BCUT2D eigenvalue weighted by Crippen LogP contribution is 2.25. The van der Waals surface area contributed by atoms with Gasteiger partial charge in [0, 0.05) is 37.8 Å². The predicted octanol–water partition coefficient (Wildman–Crippen LogP) is 1.30. The molecule has 3 aliphatic rings. The van der Waals surface area contributed by atoms with Gasteiger partial charge in [0.1, 0.15) is 0 Å². The van der Waals surface area contributed by atoms with Gasteiger partial charge in [-0.05, 0) is 45.7 Å². The van der Waals surface area contributed by atoms with Crippen molar-refractivity contribution in [3.8, 4) is 0 Å². The highest BCUT2D eigenvalue weighted by atomic mass is 15.3. The molecule has 0 aliphatic carbocycles. The smallest absolute Gasteiger partial charge is 0.0224 e. The molecule has 1 N–H and O–H groups in total. The molecule has 0 aromatic rings. The molecule has 3 unspecified atom stereocenters. The maximum atomic E-state index is 3.69. The molecule has 3 rings (SSSR count). The van der Waals surface area contributed by atoms with Crippen LogP contribution in [0.15, 0.2) is 0 Å². The fourth-order valence-corrected chi connectivity index (χ4v) is 3.87. The second-order valence-corrected chi connectivity index (χ2v) is 6.24. The lowest BCUT2D eigenvalue weighted by Gasteiger charge is -2.44. The van der Waals surface area contributed by atoms with Crippen LogP contribution in [0.4, 0.5) is 0 Å². The summed E-state index contributed by atoms with van der Waals surface area (Å²) in [5.41, 5.74) is 0. The van der Waals surface area contributed by atoms with Crippen LogP contribution in [0.2, 0.25) is 0 Å². The van der Waals surface area contributed by atoms with Crippen molar-refractivity contribution in [3.05, 3.63) is 0 Å². The van der Waals surface area contributed by atoms with E-state index < -0.39 is 0 Å². The largest absolute Gasteiger partial charge is 0.313 e. The Morgan fingerprint density at radius 3 is 2.88 bits per heavy atom. The molecule has 0 saturated carbocycles. The number of fused-ring (bicyclic) bond motifs is 1. The third-order valence-electron chi connectivity index (χ3n) is 4.93. The Morgan fingerprint density at radius 1 is 1.12 bits per heavy atom. The van der Waals surface area contributed by atoms with E-state index >= 15 is 0 Å². The van der Waals surface area contributed by atoms with E-state index in [1.165, 1.54) is 64.8 Å². The number of nitrogens with zero attached hydrogens (tertiary/aromatic N) is 2. The van der Waals surface area contributed by atoms with Crippen LogP contribution in [0, 0.1) is 0 Å². The average molecular weight is 237 g/mol. The van der Waals surface area contributed by atoms with Gasteiger partial charge in [0.2, 0.25) is 0 Å². The zero-order valence-electron chi connectivity index (χ0n) is 11.2. The summed E-state index contributed by atoms with van der Waals surface area (Å²) in [6.07, 6.45) is 7.05. The van der Waals surface area contributed by atoms with Gasteiger partial charge in [-0.25, -0.2) is 0 Å².